The zero-order chi connectivity index (χ0) is 60.5. The molecule has 0 aliphatic carbocycles. The Kier molecular flexibility index (Phi) is 64.0. The van der Waals surface area contributed by atoms with Gasteiger partial charge in [0.05, 0.1) is 34.4 Å². The zero-order valence-electron chi connectivity index (χ0n) is 56.1. The topological polar surface area (TPSA) is 108 Å². The molecule has 0 aromatic carbocycles. The highest BCUT2D eigenvalue weighted by molar-refractivity contribution is 5.71. The largest absolute Gasteiger partial charge is 0.477 e. The molecule has 0 saturated carbocycles. The Morgan fingerprint density at radius 3 is 0.952 bits per heavy atom. The summed E-state index contributed by atoms with van der Waals surface area (Å²) in [6.07, 6.45) is 78.9. The van der Waals surface area contributed by atoms with Crippen molar-refractivity contribution in [2.75, 3.05) is 47.5 Å². The predicted octanol–water partition coefficient (Wildman–Crippen LogP) is 22.6. The third kappa shape index (κ3) is 67.1. The molecule has 0 radical (unpaired) electrons. The van der Waals surface area contributed by atoms with Crippen molar-refractivity contribution >= 4 is 17.9 Å². The maximum atomic E-state index is 12.9. The van der Waals surface area contributed by atoms with E-state index in [1.165, 1.54) is 302 Å². The normalized spacial score (nSPS) is 12.7. The van der Waals surface area contributed by atoms with Crippen LogP contribution in [0.15, 0.2) is 24.3 Å². The van der Waals surface area contributed by atoms with E-state index in [1.54, 1.807) is 0 Å². The lowest BCUT2D eigenvalue weighted by molar-refractivity contribution is -0.870. The van der Waals surface area contributed by atoms with Gasteiger partial charge in [-0.05, 0) is 44.9 Å². The summed E-state index contributed by atoms with van der Waals surface area (Å²) in [6, 6.07) is 0. The fraction of sp³-hybridized carbons (Fsp3) is 0.905. The number of quaternary nitrogens is 1. The minimum Gasteiger partial charge on any atom is -0.477 e. The number of ether oxygens (including phenoxy) is 4. The zero-order valence-corrected chi connectivity index (χ0v) is 56.1. The highest BCUT2D eigenvalue weighted by atomic mass is 16.7. The fourth-order valence-electron chi connectivity index (χ4n) is 11.1. The number of carbonyl (C=O) groups is 3. The molecule has 9 nitrogen and oxygen atoms in total. The van der Waals surface area contributed by atoms with E-state index in [9.17, 15) is 19.5 Å². The standard InChI is InChI=1S/C74H141NO8/c1-6-8-10-12-14-16-18-20-22-24-26-28-30-31-32-33-34-35-36-37-38-39-40-41-43-44-46-48-50-52-54-56-58-60-62-64-71(76)81-68-70(69-82-74(73(78)79)80-67-66-75(3,4)5)83-72(77)65-63-61-59-57-55-53-51-49-47-45-42-29-27-25-23-21-19-17-15-13-11-9-7-2/h19,21,25,27,70,74H,6-18,20,22-24,26,28-69H2,1-5H3/p+1/b21-19-,27-25-. The number of carboxylic acid groups (broad SMARTS) is 1. The average molecular weight is 1170 g/mol. The fourth-order valence-corrected chi connectivity index (χ4v) is 11.1. The molecule has 0 heterocycles. The Balaban J connectivity index is 3.99. The molecular formula is C74H142NO8+. The number of nitrogens with zero attached hydrogens (tertiary/aromatic N) is 1. The summed E-state index contributed by atoms with van der Waals surface area (Å²) in [5, 5.41) is 9.74. The minimum absolute atomic E-state index is 0.177. The summed E-state index contributed by atoms with van der Waals surface area (Å²) in [5.41, 5.74) is 0. The molecule has 1 N–H and O–H groups in total. The first-order valence-corrected chi connectivity index (χ1v) is 36.5. The van der Waals surface area contributed by atoms with E-state index in [2.05, 4.69) is 38.2 Å². The predicted molar refractivity (Wildman–Crippen MR) is 355 cm³/mol. The van der Waals surface area contributed by atoms with Gasteiger partial charge in [-0.1, -0.05) is 340 Å². The number of aliphatic carboxylic acids is 1. The lowest BCUT2D eigenvalue weighted by Crippen LogP contribution is -2.40. The van der Waals surface area contributed by atoms with Crippen molar-refractivity contribution in [3.05, 3.63) is 24.3 Å². The summed E-state index contributed by atoms with van der Waals surface area (Å²) in [5.74, 6) is -1.98. The molecule has 490 valence electrons. The van der Waals surface area contributed by atoms with Crippen LogP contribution in [-0.2, 0) is 33.3 Å². The first-order chi connectivity index (χ1) is 40.6. The number of carboxylic acids is 1. The van der Waals surface area contributed by atoms with Gasteiger partial charge in [0.25, 0.3) is 6.29 Å². The van der Waals surface area contributed by atoms with Gasteiger partial charge in [0.1, 0.15) is 13.2 Å². The van der Waals surface area contributed by atoms with Crippen molar-refractivity contribution in [1.82, 2.24) is 0 Å². The van der Waals surface area contributed by atoms with Crippen LogP contribution in [0.5, 0.6) is 0 Å². The number of esters is 2. The molecule has 0 fully saturated rings. The van der Waals surface area contributed by atoms with Crippen LogP contribution in [0.2, 0.25) is 0 Å². The number of hydrogen-bond donors (Lipinski definition) is 1. The van der Waals surface area contributed by atoms with Crippen molar-refractivity contribution in [2.24, 2.45) is 0 Å². The number of unbranched alkanes of at least 4 members (excludes halogenated alkanes) is 50. The van der Waals surface area contributed by atoms with E-state index in [0.717, 1.165) is 44.9 Å². The van der Waals surface area contributed by atoms with E-state index in [-0.39, 0.29) is 38.2 Å². The van der Waals surface area contributed by atoms with Crippen LogP contribution >= 0.6 is 0 Å². The van der Waals surface area contributed by atoms with Gasteiger partial charge in [0, 0.05) is 12.8 Å². The van der Waals surface area contributed by atoms with Crippen molar-refractivity contribution in [2.45, 2.75) is 386 Å². The highest BCUT2D eigenvalue weighted by Crippen LogP contribution is 2.19. The van der Waals surface area contributed by atoms with Gasteiger partial charge in [0.15, 0.2) is 6.10 Å². The van der Waals surface area contributed by atoms with Gasteiger partial charge in [-0.2, -0.15) is 0 Å². The SMILES string of the molecule is CCCCCCC/C=C\C/C=C\CCCCCCCCCCCCCC(=O)OC(COC(=O)CCCCCCCCCCCCCCCCCCCCCCCCCCCCCCCCCCCCC)COC(OCC[N+](C)(C)C)C(=O)O. The van der Waals surface area contributed by atoms with Gasteiger partial charge < -0.3 is 28.5 Å². The molecule has 0 aromatic rings. The number of hydrogen-bond acceptors (Lipinski definition) is 7. The van der Waals surface area contributed by atoms with Crippen LogP contribution in [0.1, 0.15) is 373 Å². The number of rotatable bonds is 69. The van der Waals surface area contributed by atoms with Crippen LogP contribution in [0.3, 0.4) is 0 Å². The molecule has 0 amide bonds. The molecule has 9 heteroatoms. The number of carbonyl (C=O) groups excluding carboxylic acids is 2. The summed E-state index contributed by atoms with van der Waals surface area (Å²) >= 11 is 0. The molecule has 0 bridgehead atoms. The molecule has 0 aromatic heterocycles. The number of allylic oxidation sites excluding steroid dienone is 4. The van der Waals surface area contributed by atoms with Crippen LogP contribution < -0.4 is 0 Å². The third-order valence-electron chi connectivity index (χ3n) is 16.7. The molecule has 0 saturated heterocycles. The van der Waals surface area contributed by atoms with Gasteiger partial charge in [-0.3, -0.25) is 9.59 Å². The Morgan fingerprint density at radius 2 is 0.651 bits per heavy atom. The summed E-state index contributed by atoms with van der Waals surface area (Å²) in [6.45, 7) is 4.94. The highest BCUT2D eigenvalue weighted by Gasteiger charge is 2.25. The maximum Gasteiger partial charge on any atom is 0.361 e. The minimum atomic E-state index is -1.51. The third-order valence-corrected chi connectivity index (χ3v) is 16.7. The molecular weight excluding hydrogens is 1030 g/mol. The first-order valence-electron chi connectivity index (χ1n) is 36.5. The van der Waals surface area contributed by atoms with Gasteiger partial charge in [-0.25, -0.2) is 4.79 Å². The second-order valence-electron chi connectivity index (χ2n) is 26.3. The molecule has 2 unspecified atom stereocenters. The Hall–Kier alpha value is -2.23. The maximum absolute atomic E-state index is 12.9. The van der Waals surface area contributed by atoms with E-state index < -0.39 is 18.4 Å². The molecule has 0 spiro atoms. The molecule has 0 aliphatic rings. The molecule has 83 heavy (non-hydrogen) atoms. The average Bonchev–Trinajstić information content (AvgIpc) is 3.46. The van der Waals surface area contributed by atoms with E-state index in [1.807, 2.05) is 21.1 Å². The summed E-state index contributed by atoms with van der Waals surface area (Å²) < 4.78 is 23.0. The van der Waals surface area contributed by atoms with Gasteiger partial charge in [0.2, 0.25) is 0 Å². The Bertz CT molecular complexity index is 1410. The molecule has 0 rings (SSSR count). The van der Waals surface area contributed by atoms with Crippen LogP contribution in [0.25, 0.3) is 0 Å². The second kappa shape index (κ2) is 65.7. The smallest absolute Gasteiger partial charge is 0.361 e. The van der Waals surface area contributed by atoms with Crippen LogP contribution in [0.4, 0.5) is 0 Å². The molecule has 2 atom stereocenters. The van der Waals surface area contributed by atoms with E-state index in [0.29, 0.717) is 17.4 Å². The Morgan fingerprint density at radius 1 is 0.361 bits per heavy atom. The van der Waals surface area contributed by atoms with E-state index >= 15 is 0 Å². The lowest BCUT2D eigenvalue weighted by atomic mass is 10.0. The van der Waals surface area contributed by atoms with Crippen molar-refractivity contribution in [3.63, 3.8) is 0 Å². The summed E-state index contributed by atoms with van der Waals surface area (Å²) in [4.78, 5) is 37.6. The van der Waals surface area contributed by atoms with Crippen molar-refractivity contribution in [1.29, 1.82) is 0 Å². The van der Waals surface area contributed by atoms with Gasteiger partial charge >= 0.3 is 17.9 Å². The quantitative estimate of drug-likeness (QED) is 0.0211. The first kappa shape index (κ1) is 80.8. The van der Waals surface area contributed by atoms with Crippen molar-refractivity contribution < 1.29 is 42.9 Å². The van der Waals surface area contributed by atoms with Crippen molar-refractivity contribution in [3.8, 4) is 0 Å². The van der Waals surface area contributed by atoms with E-state index in [4.69, 9.17) is 18.9 Å². The number of likely N-dealkylation sites (N-methyl/N-ethyl adjacent to an activating group) is 1. The van der Waals surface area contributed by atoms with Crippen LogP contribution in [0, 0.1) is 0 Å². The molecule has 0 aliphatic heterocycles. The second-order valence-corrected chi connectivity index (χ2v) is 26.3. The Labute approximate surface area is 516 Å². The van der Waals surface area contributed by atoms with Crippen LogP contribution in [-0.4, -0.2) is 87.4 Å². The monoisotopic (exact) mass is 1170 g/mol. The summed E-state index contributed by atoms with van der Waals surface area (Å²) in [7, 11) is 5.99. The lowest BCUT2D eigenvalue weighted by Gasteiger charge is -2.25. The van der Waals surface area contributed by atoms with Gasteiger partial charge in [-0.15, -0.1) is 0 Å².